The first-order chi connectivity index (χ1) is 18.6. The first-order valence-electron chi connectivity index (χ1n) is 12.6. The highest BCUT2D eigenvalue weighted by Crippen LogP contribution is 2.35. The molecule has 2 saturated heterocycles. The third-order valence-corrected chi connectivity index (χ3v) is 6.95. The number of hydrogen-bond donors (Lipinski definition) is 1. The van der Waals surface area contributed by atoms with E-state index in [1.165, 1.54) is 23.5 Å². The number of H-pyrrole nitrogens is 1. The lowest BCUT2D eigenvalue weighted by molar-refractivity contribution is -0.153. The van der Waals surface area contributed by atoms with Crippen molar-refractivity contribution >= 4 is 17.5 Å². The molecular formula is C24H30F4N6O5. The molecule has 3 aliphatic heterocycles. The number of ether oxygens (including phenoxy) is 2. The van der Waals surface area contributed by atoms with Gasteiger partial charge in [-0.25, -0.2) is 4.98 Å². The van der Waals surface area contributed by atoms with Gasteiger partial charge in [-0.2, -0.15) is 22.5 Å². The number of alkyl halides is 3. The van der Waals surface area contributed by atoms with E-state index in [1.54, 1.807) is 6.92 Å². The van der Waals surface area contributed by atoms with Gasteiger partial charge in [-0.15, -0.1) is 0 Å². The molecule has 0 unspecified atom stereocenters. The van der Waals surface area contributed by atoms with Crippen molar-refractivity contribution in [3.8, 4) is 0 Å². The van der Waals surface area contributed by atoms with Gasteiger partial charge in [0.1, 0.15) is 6.04 Å². The van der Waals surface area contributed by atoms with Crippen LogP contribution in [-0.2, 0) is 20.8 Å². The molecule has 15 heteroatoms. The fourth-order valence-electron chi connectivity index (χ4n) is 4.85. The maximum absolute atomic E-state index is 15.0. The topological polar surface area (TPSA) is 123 Å². The lowest BCUT2D eigenvalue weighted by atomic mass is 9.94. The van der Waals surface area contributed by atoms with Crippen LogP contribution in [0, 0.1) is 11.7 Å². The van der Waals surface area contributed by atoms with E-state index in [-0.39, 0.29) is 55.5 Å². The van der Waals surface area contributed by atoms with Crippen LogP contribution in [-0.4, -0.2) is 83.1 Å². The molecule has 2 aromatic heterocycles. The largest absolute Gasteiger partial charge is 0.408 e. The average molecular weight is 559 g/mol. The Bertz CT molecular complexity index is 1250. The fraction of sp³-hybridized carbons (Fsp3) is 0.625. The summed E-state index contributed by atoms with van der Waals surface area (Å²) < 4.78 is 68.1. The molecule has 0 aliphatic carbocycles. The van der Waals surface area contributed by atoms with E-state index < -0.39 is 42.5 Å². The van der Waals surface area contributed by atoms with E-state index in [0.29, 0.717) is 26.1 Å². The third-order valence-electron chi connectivity index (χ3n) is 6.95. The van der Waals surface area contributed by atoms with Crippen molar-refractivity contribution < 1.29 is 31.8 Å². The highest BCUT2D eigenvalue weighted by Gasteiger charge is 2.48. The number of carbonyl (C=O) groups excluding carboxylic acids is 1. The minimum Gasteiger partial charge on any atom is -0.381 e. The Morgan fingerprint density at radius 1 is 1.13 bits per heavy atom. The molecule has 0 spiro atoms. The number of halogens is 4. The molecule has 1 N–H and O–H groups in total. The van der Waals surface area contributed by atoms with Gasteiger partial charge in [-0.05, 0) is 26.2 Å². The van der Waals surface area contributed by atoms with Crippen LogP contribution in [0.2, 0.25) is 0 Å². The molecule has 0 amide bonds. The molecule has 5 heterocycles. The zero-order valence-corrected chi connectivity index (χ0v) is 21.3. The lowest BCUT2D eigenvalue weighted by Gasteiger charge is -2.40. The number of rotatable bonds is 4. The maximum atomic E-state index is 15.0. The van der Waals surface area contributed by atoms with Crippen LogP contribution in [0.3, 0.4) is 0 Å². The summed E-state index contributed by atoms with van der Waals surface area (Å²) in [6.07, 6.45) is -1.44. The summed E-state index contributed by atoms with van der Waals surface area (Å²) in [4.78, 5) is 48.3. The van der Waals surface area contributed by atoms with E-state index in [4.69, 9.17) is 9.47 Å². The molecule has 2 fully saturated rings. The van der Waals surface area contributed by atoms with Crippen molar-refractivity contribution in [3.63, 3.8) is 0 Å². The zero-order chi connectivity index (χ0) is 28.2. The molecule has 5 rings (SSSR count). The Balaban J connectivity index is 0.000000438. The number of fused-ring (bicyclic) bond motifs is 1. The van der Waals surface area contributed by atoms with Gasteiger partial charge < -0.3 is 24.3 Å². The van der Waals surface area contributed by atoms with Crippen LogP contribution in [0.25, 0.3) is 0 Å². The van der Waals surface area contributed by atoms with Crippen LogP contribution in [0.4, 0.5) is 29.3 Å². The summed E-state index contributed by atoms with van der Waals surface area (Å²) >= 11 is 0. The predicted octanol–water partition coefficient (Wildman–Crippen LogP) is 1.51. The summed E-state index contributed by atoms with van der Waals surface area (Å²) in [6, 6.07) is -0.939. The van der Waals surface area contributed by atoms with Crippen LogP contribution in [0.1, 0.15) is 26.2 Å². The van der Waals surface area contributed by atoms with Crippen LogP contribution >= 0.6 is 0 Å². The van der Waals surface area contributed by atoms with Crippen molar-refractivity contribution in [2.75, 3.05) is 49.3 Å². The summed E-state index contributed by atoms with van der Waals surface area (Å²) in [7, 11) is 0. The normalized spacial score (nSPS) is 22.1. The monoisotopic (exact) mass is 558 g/mol. The third kappa shape index (κ3) is 6.64. The standard InChI is InChI=1S/C20H26F4N4O4.C4H4N2O/c1-12-11-32-9-6-26(12)17-16(21)18(30)27-5-2-15(20(22,23)24)28(19(27)25-17)10-14(29)13-3-7-31-8-4-13;7-4-1-2-5-3-6-4/h12-13,15H,2-11H2,1H3;1-3H,(H,5,6,7)/t12-,15+;/m1./s1. The Labute approximate surface area is 220 Å². The smallest absolute Gasteiger partial charge is 0.381 e. The first kappa shape index (κ1) is 28.7. The second kappa shape index (κ2) is 12.2. The van der Waals surface area contributed by atoms with Crippen molar-refractivity contribution in [3.05, 3.63) is 45.1 Å². The number of aromatic amines is 1. The predicted molar refractivity (Wildman–Crippen MR) is 131 cm³/mol. The Hall–Kier alpha value is -3.33. The molecular weight excluding hydrogens is 528 g/mol. The molecule has 11 nitrogen and oxygen atoms in total. The molecule has 2 atom stereocenters. The van der Waals surface area contributed by atoms with Crippen LogP contribution in [0.15, 0.2) is 28.2 Å². The number of anilines is 2. The number of carbonyl (C=O) groups is 1. The first-order valence-corrected chi connectivity index (χ1v) is 12.6. The fourth-order valence-corrected chi connectivity index (χ4v) is 4.85. The number of Topliss-reactive ketones (excluding diaryl/α,β-unsaturated/α-hetero) is 1. The van der Waals surface area contributed by atoms with E-state index in [2.05, 4.69) is 15.0 Å². The molecule has 0 saturated carbocycles. The Kier molecular flexibility index (Phi) is 9.00. The second-order valence-electron chi connectivity index (χ2n) is 9.55. The van der Waals surface area contributed by atoms with Crippen molar-refractivity contribution in [2.24, 2.45) is 5.92 Å². The number of nitrogens with one attached hydrogen (secondary N) is 1. The zero-order valence-electron chi connectivity index (χ0n) is 21.3. The number of hydrogen-bond acceptors (Lipinski definition) is 9. The maximum Gasteiger partial charge on any atom is 0.408 e. The van der Waals surface area contributed by atoms with Gasteiger partial charge in [0.25, 0.3) is 11.1 Å². The van der Waals surface area contributed by atoms with E-state index >= 15 is 0 Å². The highest BCUT2D eigenvalue weighted by atomic mass is 19.4. The Morgan fingerprint density at radius 3 is 2.46 bits per heavy atom. The van der Waals surface area contributed by atoms with Gasteiger partial charge in [0.15, 0.2) is 11.6 Å². The molecule has 0 bridgehead atoms. The van der Waals surface area contributed by atoms with Crippen molar-refractivity contribution in [1.82, 2.24) is 19.5 Å². The molecule has 214 valence electrons. The lowest BCUT2D eigenvalue weighted by Crippen LogP contribution is -2.55. The molecule has 39 heavy (non-hydrogen) atoms. The van der Waals surface area contributed by atoms with Crippen LogP contribution < -0.4 is 20.9 Å². The number of nitrogens with zero attached hydrogens (tertiary/aromatic N) is 5. The van der Waals surface area contributed by atoms with E-state index in [9.17, 15) is 31.9 Å². The van der Waals surface area contributed by atoms with Gasteiger partial charge >= 0.3 is 6.18 Å². The average Bonchev–Trinajstić information content (AvgIpc) is 2.92. The molecule has 3 aliphatic rings. The van der Waals surface area contributed by atoms with E-state index in [0.717, 1.165) is 9.47 Å². The summed E-state index contributed by atoms with van der Waals surface area (Å²) in [5.74, 6) is -2.51. The summed E-state index contributed by atoms with van der Waals surface area (Å²) in [6.45, 7) is 2.42. The summed E-state index contributed by atoms with van der Waals surface area (Å²) in [5, 5.41) is 0. The van der Waals surface area contributed by atoms with Gasteiger partial charge in [0, 0.05) is 44.5 Å². The number of aromatic nitrogens is 4. The van der Waals surface area contributed by atoms with Crippen molar-refractivity contribution in [2.45, 2.75) is 51.0 Å². The van der Waals surface area contributed by atoms with Gasteiger partial charge in [0.05, 0.1) is 32.1 Å². The van der Waals surface area contributed by atoms with E-state index in [1.807, 2.05) is 0 Å². The van der Waals surface area contributed by atoms with Gasteiger partial charge in [-0.1, -0.05) is 0 Å². The number of morpholine rings is 1. The van der Waals surface area contributed by atoms with Crippen LogP contribution in [0.5, 0.6) is 0 Å². The van der Waals surface area contributed by atoms with Crippen molar-refractivity contribution in [1.29, 1.82) is 0 Å². The molecule has 2 aromatic rings. The Morgan fingerprint density at radius 2 is 1.87 bits per heavy atom. The highest BCUT2D eigenvalue weighted by molar-refractivity contribution is 5.85. The number of ketones is 1. The minimum absolute atomic E-state index is 0.116. The minimum atomic E-state index is -4.64. The molecule has 0 aromatic carbocycles. The van der Waals surface area contributed by atoms with Gasteiger partial charge in [-0.3, -0.25) is 19.0 Å². The SMILES string of the molecule is C[C@@H]1COCCN1c1nc2n(c(=O)c1F)CC[C@@H](C(F)(F)F)N2CC(=O)C1CCOCC1.O=c1ccnc[nH]1. The summed E-state index contributed by atoms with van der Waals surface area (Å²) in [5.41, 5.74) is -1.15. The molecule has 0 radical (unpaired) electrons. The second-order valence-corrected chi connectivity index (χ2v) is 9.55. The van der Waals surface area contributed by atoms with Gasteiger partial charge in [0.2, 0.25) is 11.8 Å². The quantitative estimate of drug-likeness (QED) is 0.557.